The second-order valence-corrected chi connectivity index (χ2v) is 6.98. The van der Waals surface area contributed by atoms with Gasteiger partial charge < -0.3 is 14.6 Å². The maximum Gasteiger partial charge on any atom is 0.248 e. The number of likely N-dealkylation sites (tertiary alicyclic amines) is 1. The fourth-order valence-electron chi connectivity index (χ4n) is 2.99. The molecule has 1 aliphatic rings. The van der Waals surface area contributed by atoms with E-state index in [1.807, 2.05) is 16.8 Å². The topological polar surface area (TPSA) is 71.3 Å². The van der Waals surface area contributed by atoms with Gasteiger partial charge in [0.1, 0.15) is 0 Å². The second kappa shape index (κ2) is 8.39. The number of carbonyl (C=O) groups is 1. The Bertz CT molecular complexity index is 633. The fourth-order valence-corrected chi connectivity index (χ4v) is 3.62. The van der Waals surface area contributed by atoms with Crippen molar-refractivity contribution in [2.75, 3.05) is 19.6 Å². The smallest absolute Gasteiger partial charge is 0.248 e. The SMILES string of the molecule is CCCN1CCC(NC(=O)CCc2nnc(-c3ccsc3)o2)CC1. The quantitative estimate of drug-likeness (QED) is 0.833. The van der Waals surface area contributed by atoms with Crippen LogP contribution in [0.4, 0.5) is 0 Å². The molecule has 1 saturated heterocycles. The Morgan fingerprint density at radius 2 is 2.25 bits per heavy atom. The summed E-state index contributed by atoms with van der Waals surface area (Å²) in [6.07, 6.45) is 4.13. The fraction of sp³-hybridized carbons (Fsp3) is 0.588. The van der Waals surface area contributed by atoms with Crippen LogP contribution in [0.5, 0.6) is 0 Å². The van der Waals surface area contributed by atoms with E-state index in [0.717, 1.165) is 38.0 Å². The van der Waals surface area contributed by atoms with Crippen LogP contribution < -0.4 is 5.32 Å². The predicted molar refractivity (Wildman–Crippen MR) is 93.8 cm³/mol. The van der Waals surface area contributed by atoms with E-state index in [1.54, 1.807) is 11.3 Å². The highest BCUT2D eigenvalue weighted by Crippen LogP contribution is 2.20. The summed E-state index contributed by atoms with van der Waals surface area (Å²) in [6.45, 7) is 5.51. The van der Waals surface area contributed by atoms with Crippen molar-refractivity contribution in [3.63, 3.8) is 0 Å². The first kappa shape index (κ1) is 17.1. The Hall–Kier alpha value is -1.73. The Morgan fingerprint density at radius 1 is 1.42 bits per heavy atom. The van der Waals surface area contributed by atoms with Gasteiger partial charge in [-0.25, -0.2) is 0 Å². The summed E-state index contributed by atoms with van der Waals surface area (Å²) < 4.78 is 5.61. The molecule has 0 radical (unpaired) electrons. The van der Waals surface area contributed by atoms with E-state index in [-0.39, 0.29) is 5.91 Å². The van der Waals surface area contributed by atoms with Gasteiger partial charge in [-0.15, -0.1) is 10.2 Å². The Morgan fingerprint density at radius 3 is 2.96 bits per heavy atom. The zero-order valence-corrected chi connectivity index (χ0v) is 14.8. The summed E-state index contributed by atoms with van der Waals surface area (Å²) >= 11 is 1.59. The molecule has 0 spiro atoms. The molecular weight excluding hydrogens is 324 g/mol. The molecule has 0 aliphatic carbocycles. The largest absolute Gasteiger partial charge is 0.421 e. The number of carbonyl (C=O) groups excluding carboxylic acids is 1. The predicted octanol–water partition coefficient (Wildman–Crippen LogP) is 2.72. The van der Waals surface area contributed by atoms with Crippen molar-refractivity contribution < 1.29 is 9.21 Å². The average molecular weight is 348 g/mol. The summed E-state index contributed by atoms with van der Waals surface area (Å²) in [6, 6.07) is 2.24. The lowest BCUT2D eigenvalue weighted by atomic mass is 10.0. The van der Waals surface area contributed by atoms with E-state index < -0.39 is 0 Å². The molecule has 1 fully saturated rings. The summed E-state index contributed by atoms with van der Waals surface area (Å²) in [4.78, 5) is 14.6. The number of nitrogens with one attached hydrogen (secondary N) is 1. The number of aryl methyl sites for hydroxylation is 1. The summed E-state index contributed by atoms with van der Waals surface area (Å²) in [7, 11) is 0. The van der Waals surface area contributed by atoms with Crippen LogP contribution in [0.3, 0.4) is 0 Å². The van der Waals surface area contributed by atoms with E-state index in [9.17, 15) is 4.79 Å². The molecule has 24 heavy (non-hydrogen) atoms. The van der Waals surface area contributed by atoms with Crippen LogP contribution in [0, 0.1) is 0 Å². The van der Waals surface area contributed by atoms with Crippen LogP contribution in [0.1, 0.15) is 38.5 Å². The highest BCUT2D eigenvalue weighted by molar-refractivity contribution is 7.08. The Kier molecular flexibility index (Phi) is 5.98. The summed E-state index contributed by atoms with van der Waals surface area (Å²) in [5.41, 5.74) is 0.932. The monoisotopic (exact) mass is 348 g/mol. The average Bonchev–Trinajstić information content (AvgIpc) is 3.26. The number of thiophene rings is 1. The van der Waals surface area contributed by atoms with Gasteiger partial charge >= 0.3 is 0 Å². The second-order valence-electron chi connectivity index (χ2n) is 6.20. The normalized spacial score (nSPS) is 16.4. The van der Waals surface area contributed by atoms with Crippen molar-refractivity contribution in [2.24, 2.45) is 0 Å². The third kappa shape index (κ3) is 4.64. The molecule has 1 N–H and O–H groups in total. The molecule has 0 aromatic carbocycles. The number of rotatable bonds is 7. The molecule has 1 aliphatic heterocycles. The maximum absolute atomic E-state index is 12.1. The number of aromatic nitrogens is 2. The molecular formula is C17H24N4O2S. The first-order chi connectivity index (χ1) is 11.7. The van der Waals surface area contributed by atoms with Gasteiger partial charge in [0.15, 0.2) is 0 Å². The lowest BCUT2D eigenvalue weighted by Crippen LogP contribution is -2.44. The van der Waals surface area contributed by atoms with Crippen LogP contribution in [0.25, 0.3) is 11.5 Å². The molecule has 0 saturated carbocycles. The van der Waals surface area contributed by atoms with Gasteiger partial charge in [-0.05, 0) is 37.3 Å². The molecule has 3 heterocycles. The summed E-state index contributed by atoms with van der Waals surface area (Å²) in [5, 5.41) is 15.1. The molecule has 3 rings (SSSR count). The zero-order chi connectivity index (χ0) is 16.8. The van der Waals surface area contributed by atoms with Gasteiger partial charge in [0, 0.05) is 42.9 Å². The number of amides is 1. The van der Waals surface area contributed by atoms with Crippen LogP contribution in [0.15, 0.2) is 21.2 Å². The van der Waals surface area contributed by atoms with Gasteiger partial charge in [-0.1, -0.05) is 6.92 Å². The van der Waals surface area contributed by atoms with Crippen LogP contribution >= 0.6 is 11.3 Å². The first-order valence-electron chi connectivity index (χ1n) is 8.61. The van der Waals surface area contributed by atoms with E-state index in [2.05, 4.69) is 27.3 Å². The molecule has 2 aromatic heterocycles. The van der Waals surface area contributed by atoms with Gasteiger partial charge in [-0.2, -0.15) is 11.3 Å². The highest BCUT2D eigenvalue weighted by atomic mass is 32.1. The van der Waals surface area contributed by atoms with Crippen LogP contribution in [-0.2, 0) is 11.2 Å². The number of hydrogen-bond donors (Lipinski definition) is 1. The highest BCUT2D eigenvalue weighted by Gasteiger charge is 2.20. The number of piperidine rings is 1. The lowest BCUT2D eigenvalue weighted by molar-refractivity contribution is -0.122. The van der Waals surface area contributed by atoms with Crippen molar-refractivity contribution in [3.05, 3.63) is 22.7 Å². The summed E-state index contributed by atoms with van der Waals surface area (Å²) in [5.74, 6) is 1.11. The van der Waals surface area contributed by atoms with Gasteiger partial charge in [0.25, 0.3) is 0 Å². The van der Waals surface area contributed by atoms with Crippen LogP contribution in [-0.4, -0.2) is 46.7 Å². The standard InChI is InChI=1S/C17H24N4O2S/c1-2-8-21-9-5-14(6-10-21)18-15(22)3-4-16-19-20-17(23-16)13-7-11-24-12-13/h7,11-12,14H,2-6,8-10H2,1H3,(H,18,22). The third-order valence-electron chi connectivity index (χ3n) is 4.29. The number of hydrogen-bond acceptors (Lipinski definition) is 6. The minimum atomic E-state index is 0.0687. The molecule has 7 heteroatoms. The van der Waals surface area contributed by atoms with E-state index in [1.165, 1.54) is 6.42 Å². The molecule has 0 bridgehead atoms. The van der Waals surface area contributed by atoms with Crippen molar-refractivity contribution in [3.8, 4) is 11.5 Å². The van der Waals surface area contributed by atoms with E-state index in [0.29, 0.717) is 30.7 Å². The molecule has 6 nitrogen and oxygen atoms in total. The lowest BCUT2D eigenvalue weighted by Gasteiger charge is -2.32. The first-order valence-corrected chi connectivity index (χ1v) is 9.55. The van der Waals surface area contributed by atoms with Crippen molar-refractivity contribution >= 4 is 17.2 Å². The van der Waals surface area contributed by atoms with Crippen molar-refractivity contribution in [2.45, 2.75) is 45.1 Å². The molecule has 0 atom stereocenters. The number of nitrogens with zero attached hydrogens (tertiary/aromatic N) is 3. The van der Waals surface area contributed by atoms with E-state index in [4.69, 9.17) is 4.42 Å². The Labute approximate surface area is 146 Å². The van der Waals surface area contributed by atoms with Gasteiger partial charge in [0.2, 0.25) is 17.7 Å². The molecule has 2 aromatic rings. The Balaban J connectivity index is 1.40. The molecule has 1 amide bonds. The van der Waals surface area contributed by atoms with Crippen molar-refractivity contribution in [1.29, 1.82) is 0 Å². The third-order valence-corrected chi connectivity index (χ3v) is 4.98. The van der Waals surface area contributed by atoms with Crippen molar-refractivity contribution in [1.82, 2.24) is 20.4 Å². The van der Waals surface area contributed by atoms with Crippen LogP contribution in [0.2, 0.25) is 0 Å². The van der Waals surface area contributed by atoms with Gasteiger partial charge in [-0.3, -0.25) is 4.79 Å². The molecule has 0 unspecified atom stereocenters. The molecule has 130 valence electrons. The minimum Gasteiger partial charge on any atom is -0.421 e. The van der Waals surface area contributed by atoms with Gasteiger partial charge in [0.05, 0.1) is 0 Å². The van der Waals surface area contributed by atoms with E-state index >= 15 is 0 Å². The maximum atomic E-state index is 12.1. The minimum absolute atomic E-state index is 0.0687. The zero-order valence-electron chi connectivity index (χ0n) is 14.0.